The zero-order valence-corrected chi connectivity index (χ0v) is 12.9. The van der Waals surface area contributed by atoms with Gasteiger partial charge in [-0.3, -0.25) is 4.90 Å². The molecule has 0 heterocycles. The Bertz CT molecular complexity index is 620. The molecule has 21 heavy (non-hydrogen) atoms. The number of nitrogens with zero attached hydrogens (tertiary/aromatic N) is 1. The third kappa shape index (κ3) is 4.28. The molecule has 0 radical (unpaired) electrons. The van der Waals surface area contributed by atoms with Crippen molar-refractivity contribution in [2.24, 2.45) is 0 Å². The Morgan fingerprint density at radius 3 is 2.57 bits per heavy atom. The zero-order valence-electron chi connectivity index (χ0n) is 11.3. The summed E-state index contributed by atoms with van der Waals surface area (Å²) in [5.41, 5.74) is 0.791. The molecule has 0 aromatic heterocycles. The molecule has 4 nitrogen and oxygen atoms in total. The number of carbonyl (C=O) groups is 1. The quantitative estimate of drug-likeness (QED) is 0.857. The first-order valence-corrected chi connectivity index (χ1v) is 6.98. The minimum Gasteiger partial charge on any atom is -0.472 e. The molecule has 0 atom stereocenters. The van der Waals surface area contributed by atoms with Crippen molar-refractivity contribution in [3.63, 3.8) is 0 Å². The predicted octanol–water partition coefficient (Wildman–Crippen LogP) is 4.18. The third-order valence-electron chi connectivity index (χ3n) is 2.79. The maximum atomic E-state index is 12.0. The van der Waals surface area contributed by atoms with E-state index in [9.17, 15) is 4.79 Å². The molecule has 0 aliphatic carbocycles. The Labute approximate surface area is 133 Å². The number of rotatable bonds is 4. The molecule has 110 valence electrons. The summed E-state index contributed by atoms with van der Waals surface area (Å²) in [6, 6.07) is 13.9. The molecule has 0 unspecified atom stereocenters. The van der Waals surface area contributed by atoms with Crippen molar-refractivity contribution in [3.05, 3.63) is 58.6 Å². The fourth-order valence-corrected chi connectivity index (χ4v) is 2.12. The number of amides is 2. The topological polar surface area (TPSA) is 41.6 Å². The van der Waals surface area contributed by atoms with Gasteiger partial charge in [0.15, 0.2) is 6.73 Å². The number of hydrogen-bond donors (Lipinski definition) is 1. The van der Waals surface area contributed by atoms with Crippen LogP contribution in [0, 0.1) is 0 Å². The van der Waals surface area contributed by atoms with Crippen LogP contribution in [-0.4, -0.2) is 19.8 Å². The normalized spacial score (nSPS) is 10.0. The number of anilines is 1. The van der Waals surface area contributed by atoms with Crippen LogP contribution in [0.3, 0.4) is 0 Å². The second kappa shape index (κ2) is 7.20. The number of nitrogens with one attached hydrogen (secondary N) is 1. The van der Waals surface area contributed by atoms with Crippen molar-refractivity contribution in [1.29, 1.82) is 0 Å². The van der Waals surface area contributed by atoms with Crippen molar-refractivity contribution in [2.75, 3.05) is 18.7 Å². The van der Waals surface area contributed by atoms with Crippen LogP contribution in [0.1, 0.15) is 0 Å². The van der Waals surface area contributed by atoms with Gasteiger partial charge in [-0.15, -0.1) is 0 Å². The van der Waals surface area contributed by atoms with Gasteiger partial charge in [-0.05, 0) is 30.3 Å². The average Bonchev–Trinajstić information content (AvgIpc) is 2.49. The number of ether oxygens (including phenoxy) is 1. The summed E-state index contributed by atoms with van der Waals surface area (Å²) in [6.07, 6.45) is 0. The molecular formula is C15H14Cl2N2O2. The maximum Gasteiger partial charge on any atom is 0.324 e. The van der Waals surface area contributed by atoms with Gasteiger partial charge in [0.25, 0.3) is 0 Å². The molecule has 2 amide bonds. The Morgan fingerprint density at radius 2 is 1.90 bits per heavy atom. The molecule has 0 bridgehead atoms. The van der Waals surface area contributed by atoms with Crippen LogP contribution in [0.5, 0.6) is 5.75 Å². The van der Waals surface area contributed by atoms with Gasteiger partial charge in [0, 0.05) is 17.8 Å². The van der Waals surface area contributed by atoms with E-state index in [0.717, 1.165) is 5.69 Å². The van der Waals surface area contributed by atoms with E-state index in [4.69, 9.17) is 27.9 Å². The van der Waals surface area contributed by atoms with Crippen LogP contribution >= 0.6 is 23.2 Å². The Hall–Kier alpha value is -1.91. The molecule has 2 rings (SSSR count). The van der Waals surface area contributed by atoms with Crippen LogP contribution in [0.2, 0.25) is 10.0 Å². The van der Waals surface area contributed by atoms with Crippen molar-refractivity contribution < 1.29 is 9.53 Å². The molecule has 0 aliphatic heterocycles. The van der Waals surface area contributed by atoms with E-state index < -0.39 is 0 Å². The van der Waals surface area contributed by atoms with Gasteiger partial charge in [0.05, 0.1) is 5.02 Å². The third-order valence-corrected chi connectivity index (χ3v) is 3.32. The van der Waals surface area contributed by atoms with Crippen LogP contribution in [0.15, 0.2) is 48.5 Å². The number of carbonyl (C=O) groups excluding carboxylic acids is 1. The summed E-state index contributed by atoms with van der Waals surface area (Å²) < 4.78 is 5.40. The summed E-state index contributed by atoms with van der Waals surface area (Å²) in [4.78, 5) is 13.4. The molecule has 6 heteroatoms. The lowest BCUT2D eigenvalue weighted by Gasteiger charge is -2.18. The Kier molecular flexibility index (Phi) is 5.31. The number of hydrogen-bond acceptors (Lipinski definition) is 2. The van der Waals surface area contributed by atoms with Crippen molar-refractivity contribution in [1.82, 2.24) is 5.32 Å². The lowest BCUT2D eigenvalue weighted by atomic mass is 10.3. The summed E-state index contributed by atoms with van der Waals surface area (Å²) in [5.74, 6) is 0.462. The van der Waals surface area contributed by atoms with Gasteiger partial charge in [0.2, 0.25) is 0 Å². The smallest absolute Gasteiger partial charge is 0.324 e. The molecule has 2 aromatic rings. The van der Waals surface area contributed by atoms with Crippen LogP contribution < -0.4 is 15.0 Å². The summed E-state index contributed by atoms with van der Waals surface area (Å²) in [7, 11) is 1.68. The van der Waals surface area contributed by atoms with E-state index >= 15 is 0 Å². The number of urea groups is 1. The highest BCUT2D eigenvalue weighted by molar-refractivity contribution is 6.35. The van der Waals surface area contributed by atoms with Crippen LogP contribution in [-0.2, 0) is 0 Å². The molecule has 0 saturated heterocycles. The van der Waals surface area contributed by atoms with E-state index in [1.807, 2.05) is 30.3 Å². The second-order valence-corrected chi connectivity index (χ2v) is 5.08. The first-order chi connectivity index (χ1) is 10.1. The summed E-state index contributed by atoms with van der Waals surface area (Å²) in [6.45, 7) is 0.0113. The molecule has 2 aromatic carbocycles. The van der Waals surface area contributed by atoms with Crippen molar-refractivity contribution in [2.45, 2.75) is 0 Å². The zero-order chi connectivity index (χ0) is 15.2. The summed E-state index contributed by atoms with van der Waals surface area (Å²) >= 11 is 11.8. The van der Waals surface area contributed by atoms with Crippen molar-refractivity contribution in [3.8, 4) is 5.75 Å². The Morgan fingerprint density at radius 1 is 1.19 bits per heavy atom. The molecule has 0 fully saturated rings. The van der Waals surface area contributed by atoms with Gasteiger partial charge in [-0.1, -0.05) is 41.4 Å². The number of halogens is 2. The molecule has 0 spiro atoms. The molecule has 0 saturated carbocycles. The molecule has 0 aliphatic rings. The van der Waals surface area contributed by atoms with Crippen molar-refractivity contribution >= 4 is 34.9 Å². The second-order valence-electron chi connectivity index (χ2n) is 4.24. The standard InChI is InChI=1S/C15H14Cl2N2O2/c1-19(12-5-3-2-4-6-12)15(20)18-10-21-14-8-7-11(16)9-13(14)17/h2-9H,10H2,1H3,(H,18,20). The predicted molar refractivity (Wildman–Crippen MR) is 85.3 cm³/mol. The minimum absolute atomic E-state index is 0.0113. The van der Waals surface area contributed by atoms with Gasteiger partial charge in [-0.25, -0.2) is 4.79 Å². The minimum atomic E-state index is -0.272. The molecule has 1 N–H and O–H groups in total. The monoisotopic (exact) mass is 324 g/mol. The highest BCUT2D eigenvalue weighted by Gasteiger charge is 2.10. The first kappa shape index (κ1) is 15.5. The van der Waals surface area contributed by atoms with Gasteiger partial charge >= 0.3 is 6.03 Å². The highest BCUT2D eigenvalue weighted by atomic mass is 35.5. The number of para-hydroxylation sites is 1. The van der Waals surface area contributed by atoms with E-state index in [0.29, 0.717) is 15.8 Å². The largest absolute Gasteiger partial charge is 0.472 e. The van der Waals surface area contributed by atoms with Gasteiger partial charge in [-0.2, -0.15) is 0 Å². The highest BCUT2D eigenvalue weighted by Crippen LogP contribution is 2.27. The van der Waals surface area contributed by atoms with E-state index in [1.165, 1.54) is 4.90 Å². The number of benzene rings is 2. The van der Waals surface area contributed by atoms with E-state index in [-0.39, 0.29) is 12.8 Å². The van der Waals surface area contributed by atoms with Crippen LogP contribution in [0.4, 0.5) is 10.5 Å². The van der Waals surface area contributed by atoms with Gasteiger partial charge < -0.3 is 10.1 Å². The van der Waals surface area contributed by atoms with E-state index in [1.54, 1.807) is 25.2 Å². The van der Waals surface area contributed by atoms with Crippen LogP contribution in [0.25, 0.3) is 0 Å². The summed E-state index contributed by atoms with van der Waals surface area (Å²) in [5, 5.41) is 3.57. The molecular weight excluding hydrogens is 311 g/mol. The van der Waals surface area contributed by atoms with Gasteiger partial charge in [0.1, 0.15) is 5.75 Å². The fourth-order valence-electron chi connectivity index (χ4n) is 1.66. The van der Waals surface area contributed by atoms with E-state index in [2.05, 4.69) is 5.32 Å². The first-order valence-electron chi connectivity index (χ1n) is 6.22. The lowest BCUT2D eigenvalue weighted by molar-refractivity contribution is 0.230. The Balaban J connectivity index is 1.87. The average molecular weight is 325 g/mol. The SMILES string of the molecule is CN(C(=O)NCOc1ccc(Cl)cc1Cl)c1ccccc1. The maximum absolute atomic E-state index is 12.0. The lowest BCUT2D eigenvalue weighted by Crippen LogP contribution is -2.39. The fraction of sp³-hybridized carbons (Fsp3) is 0.133.